The van der Waals surface area contributed by atoms with Gasteiger partial charge in [0.25, 0.3) is 0 Å². The molecule has 4 nitrogen and oxygen atoms in total. The molecule has 0 spiro atoms. The first-order chi connectivity index (χ1) is 8.66. The van der Waals surface area contributed by atoms with Gasteiger partial charge in [0, 0.05) is 12.2 Å². The maximum absolute atomic E-state index is 11.9. The number of hydrogen-bond donors (Lipinski definition) is 2. The molecule has 0 atom stereocenters. The number of hydrogen-bond acceptors (Lipinski definition) is 2. The van der Waals surface area contributed by atoms with E-state index in [-0.39, 0.29) is 6.03 Å². The zero-order valence-corrected chi connectivity index (χ0v) is 11.1. The molecule has 1 fully saturated rings. The lowest BCUT2D eigenvalue weighted by Crippen LogP contribution is -2.39. The summed E-state index contributed by atoms with van der Waals surface area (Å²) < 4.78 is 0. The molecule has 98 valence electrons. The highest BCUT2D eigenvalue weighted by Crippen LogP contribution is 2.19. The summed E-state index contributed by atoms with van der Waals surface area (Å²) in [5, 5.41) is 5.96. The fourth-order valence-corrected chi connectivity index (χ4v) is 2.47. The molecule has 2 N–H and O–H groups in total. The molecular weight excluding hydrogens is 226 g/mol. The molecule has 0 aliphatic heterocycles. The van der Waals surface area contributed by atoms with Crippen molar-refractivity contribution in [3.8, 4) is 0 Å². The van der Waals surface area contributed by atoms with Gasteiger partial charge in [0.15, 0.2) is 0 Å². The van der Waals surface area contributed by atoms with Gasteiger partial charge >= 0.3 is 6.03 Å². The molecule has 1 aromatic rings. The predicted molar refractivity (Wildman–Crippen MR) is 72.7 cm³/mol. The van der Waals surface area contributed by atoms with E-state index in [1.165, 1.54) is 19.3 Å². The smallest absolute Gasteiger partial charge is 0.319 e. The second-order valence-electron chi connectivity index (χ2n) is 5.02. The Balaban J connectivity index is 1.94. The molecule has 2 amide bonds. The third-order valence-corrected chi connectivity index (χ3v) is 3.53. The maximum Gasteiger partial charge on any atom is 0.319 e. The second kappa shape index (κ2) is 5.85. The van der Waals surface area contributed by atoms with Gasteiger partial charge in [0.1, 0.15) is 0 Å². The van der Waals surface area contributed by atoms with Crippen LogP contribution in [0.1, 0.15) is 43.4 Å². The van der Waals surface area contributed by atoms with Crippen LogP contribution >= 0.6 is 0 Å². The summed E-state index contributed by atoms with van der Waals surface area (Å²) in [6.07, 6.45) is 7.68. The minimum absolute atomic E-state index is 0.110. The minimum Gasteiger partial charge on any atom is -0.335 e. The van der Waals surface area contributed by atoms with Crippen molar-refractivity contribution in [1.29, 1.82) is 0 Å². The monoisotopic (exact) mass is 247 g/mol. The Kier molecular flexibility index (Phi) is 4.18. The van der Waals surface area contributed by atoms with Crippen LogP contribution in [-0.2, 0) is 0 Å². The van der Waals surface area contributed by atoms with Crippen molar-refractivity contribution in [2.24, 2.45) is 0 Å². The highest BCUT2D eigenvalue weighted by molar-refractivity contribution is 5.90. The van der Waals surface area contributed by atoms with E-state index in [0.717, 1.165) is 29.8 Å². The Labute approximate surface area is 108 Å². The van der Waals surface area contributed by atoms with Crippen LogP contribution in [0.3, 0.4) is 0 Å². The van der Waals surface area contributed by atoms with Crippen molar-refractivity contribution >= 4 is 11.7 Å². The van der Waals surface area contributed by atoms with Crippen molar-refractivity contribution in [1.82, 2.24) is 10.3 Å². The first-order valence-electron chi connectivity index (χ1n) is 6.66. The normalized spacial score (nSPS) is 16.3. The Bertz CT molecular complexity index is 405. The van der Waals surface area contributed by atoms with Gasteiger partial charge in [-0.3, -0.25) is 4.98 Å². The van der Waals surface area contributed by atoms with E-state index in [0.29, 0.717) is 6.04 Å². The molecule has 18 heavy (non-hydrogen) atoms. The SMILES string of the molecule is Cc1ccnc(C)c1NC(=O)NC1CCCCC1. The lowest BCUT2D eigenvalue weighted by atomic mass is 9.96. The molecule has 1 aliphatic carbocycles. The van der Waals surface area contributed by atoms with Gasteiger partial charge in [-0.1, -0.05) is 19.3 Å². The number of urea groups is 1. The fourth-order valence-electron chi connectivity index (χ4n) is 2.47. The third kappa shape index (κ3) is 3.22. The summed E-state index contributed by atoms with van der Waals surface area (Å²) in [6.45, 7) is 3.88. The summed E-state index contributed by atoms with van der Waals surface area (Å²) in [5.74, 6) is 0. The van der Waals surface area contributed by atoms with Crippen LogP contribution in [0.4, 0.5) is 10.5 Å². The van der Waals surface area contributed by atoms with E-state index in [1.54, 1.807) is 6.20 Å². The van der Waals surface area contributed by atoms with Crippen LogP contribution in [-0.4, -0.2) is 17.1 Å². The summed E-state index contributed by atoms with van der Waals surface area (Å²) in [7, 11) is 0. The van der Waals surface area contributed by atoms with E-state index in [4.69, 9.17) is 0 Å². The predicted octanol–water partition coefficient (Wildman–Crippen LogP) is 3.15. The number of rotatable bonds is 2. The van der Waals surface area contributed by atoms with Gasteiger partial charge in [-0.05, 0) is 38.3 Å². The van der Waals surface area contributed by atoms with Gasteiger partial charge in [-0.2, -0.15) is 0 Å². The maximum atomic E-state index is 11.9. The van der Waals surface area contributed by atoms with Crippen LogP contribution in [0.15, 0.2) is 12.3 Å². The van der Waals surface area contributed by atoms with E-state index in [1.807, 2.05) is 19.9 Å². The summed E-state index contributed by atoms with van der Waals surface area (Å²) in [6, 6.07) is 2.13. The molecule has 2 rings (SSSR count). The van der Waals surface area contributed by atoms with Crippen molar-refractivity contribution in [3.63, 3.8) is 0 Å². The number of amides is 2. The standard InChI is InChI=1S/C14H21N3O/c1-10-8-9-15-11(2)13(10)17-14(18)16-12-6-4-3-5-7-12/h8-9,12H,3-7H2,1-2H3,(H2,16,17,18). The first-order valence-corrected chi connectivity index (χ1v) is 6.66. The fraction of sp³-hybridized carbons (Fsp3) is 0.571. The number of pyridine rings is 1. The van der Waals surface area contributed by atoms with Crippen LogP contribution < -0.4 is 10.6 Å². The highest BCUT2D eigenvalue weighted by atomic mass is 16.2. The number of aromatic nitrogens is 1. The average Bonchev–Trinajstić information content (AvgIpc) is 2.35. The largest absolute Gasteiger partial charge is 0.335 e. The summed E-state index contributed by atoms with van der Waals surface area (Å²) in [5.41, 5.74) is 2.72. The number of carbonyl (C=O) groups is 1. The van der Waals surface area contributed by atoms with E-state index in [9.17, 15) is 4.79 Å². The molecule has 0 bridgehead atoms. The Hall–Kier alpha value is -1.58. The highest BCUT2D eigenvalue weighted by Gasteiger charge is 2.16. The van der Waals surface area contributed by atoms with Crippen LogP contribution in [0.25, 0.3) is 0 Å². The van der Waals surface area contributed by atoms with Gasteiger partial charge in [-0.25, -0.2) is 4.79 Å². The van der Waals surface area contributed by atoms with Crippen LogP contribution in [0.2, 0.25) is 0 Å². The average molecular weight is 247 g/mol. The zero-order valence-electron chi connectivity index (χ0n) is 11.1. The van der Waals surface area contributed by atoms with Crippen molar-refractivity contribution < 1.29 is 4.79 Å². The lowest BCUT2D eigenvalue weighted by Gasteiger charge is -2.23. The first kappa shape index (κ1) is 12.9. The Morgan fingerprint density at radius 3 is 2.67 bits per heavy atom. The van der Waals surface area contributed by atoms with Crippen molar-refractivity contribution in [2.45, 2.75) is 52.0 Å². The van der Waals surface area contributed by atoms with E-state index >= 15 is 0 Å². The molecule has 1 aliphatic rings. The van der Waals surface area contributed by atoms with Crippen LogP contribution in [0, 0.1) is 13.8 Å². The summed E-state index contributed by atoms with van der Waals surface area (Å²) >= 11 is 0. The second-order valence-corrected chi connectivity index (χ2v) is 5.02. The molecule has 0 aromatic carbocycles. The molecule has 4 heteroatoms. The van der Waals surface area contributed by atoms with E-state index in [2.05, 4.69) is 15.6 Å². The lowest BCUT2D eigenvalue weighted by molar-refractivity contribution is 0.244. The Morgan fingerprint density at radius 1 is 1.28 bits per heavy atom. The van der Waals surface area contributed by atoms with Crippen molar-refractivity contribution in [2.75, 3.05) is 5.32 Å². The topological polar surface area (TPSA) is 54.0 Å². The number of anilines is 1. The minimum atomic E-state index is -0.110. The van der Waals surface area contributed by atoms with Crippen LogP contribution in [0.5, 0.6) is 0 Å². The molecule has 0 saturated heterocycles. The summed E-state index contributed by atoms with van der Waals surface area (Å²) in [4.78, 5) is 16.1. The van der Waals surface area contributed by atoms with Gasteiger partial charge in [0.05, 0.1) is 11.4 Å². The number of carbonyl (C=O) groups excluding carboxylic acids is 1. The number of nitrogens with one attached hydrogen (secondary N) is 2. The van der Waals surface area contributed by atoms with Crippen molar-refractivity contribution in [3.05, 3.63) is 23.5 Å². The third-order valence-electron chi connectivity index (χ3n) is 3.53. The number of nitrogens with zero attached hydrogens (tertiary/aromatic N) is 1. The molecular formula is C14H21N3O. The van der Waals surface area contributed by atoms with E-state index < -0.39 is 0 Å². The molecule has 1 saturated carbocycles. The Morgan fingerprint density at radius 2 is 2.00 bits per heavy atom. The number of aryl methyl sites for hydroxylation is 2. The molecule has 1 heterocycles. The van der Waals surface area contributed by atoms with Gasteiger partial charge < -0.3 is 10.6 Å². The molecule has 1 aromatic heterocycles. The van der Waals surface area contributed by atoms with Gasteiger partial charge in [0.2, 0.25) is 0 Å². The molecule has 0 unspecified atom stereocenters. The molecule has 0 radical (unpaired) electrons. The van der Waals surface area contributed by atoms with Gasteiger partial charge in [-0.15, -0.1) is 0 Å². The quantitative estimate of drug-likeness (QED) is 0.843. The zero-order chi connectivity index (χ0) is 13.0.